The van der Waals surface area contributed by atoms with Gasteiger partial charge in [-0.3, -0.25) is 0 Å². The number of fused-ring (bicyclic) bond motifs is 3. The monoisotopic (exact) mass is 396 g/mol. The summed E-state index contributed by atoms with van der Waals surface area (Å²) in [6, 6.07) is 13.4. The van der Waals surface area contributed by atoms with Gasteiger partial charge in [0, 0.05) is 28.1 Å². The van der Waals surface area contributed by atoms with Gasteiger partial charge in [-0.2, -0.15) is 16.4 Å². The van der Waals surface area contributed by atoms with E-state index in [0.29, 0.717) is 11.4 Å². The summed E-state index contributed by atoms with van der Waals surface area (Å²) in [5, 5.41) is 22.0. The highest BCUT2D eigenvalue weighted by Gasteiger charge is 2.41. The van der Waals surface area contributed by atoms with Gasteiger partial charge >= 0.3 is 0 Å². The fourth-order valence-corrected chi connectivity index (χ4v) is 4.58. The van der Waals surface area contributed by atoms with Crippen molar-refractivity contribution < 1.29 is 9.84 Å². The Morgan fingerprint density at radius 3 is 2.93 bits per heavy atom. The minimum atomic E-state index is -0.292. The number of halogens is 1. The zero-order chi connectivity index (χ0) is 18.5. The number of rotatable bonds is 2. The normalized spacial score (nSPS) is 20.7. The number of hydrogen-bond acceptors (Lipinski definition) is 5. The van der Waals surface area contributed by atoms with Crippen LogP contribution in [0.4, 0.5) is 0 Å². The number of aromatic hydroxyl groups is 1. The Balaban J connectivity index is 1.63. The Morgan fingerprint density at radius 1 is 1.22 bits per heavy atom. The van der Waals surface area contributed by atoms with Crippen LogP contribution in [-0.4, -0.2) is 15.8 Å². The van der Waals surface area contributed by atoms with Gasteiger partial charge < -0.3 is 9.84 Å². The van der Waals surface area contributed by atoms with Crippen LogP contribution < -0.4 is 4.74 Å². The SMILES string of the molecule is Cc1ccc(O)c(C2=NN3[C@H](C2)c2cc(Cl)ccc2O[C@H]3c2ccsc2)c1. The van der Waals surface area contributed by atoms with E-state index in [1.54, 1.807) is 17.4 Å². The topological polar surface area (TPSA) is 45.1 Å². The summed E-state index contributed by atoms with van der Waals surface area (Å²) in [6.07, 6.45) is 0.397. The average molecular weight is 397 g/mol. The number of thiophene rings is 1. The molecule has 2 aliphatic heterocycles. The molecule has 2 aromatic carbocycles. The van der Waals surface area contributed by atoms with E-state index in [9.17, 15) is 5.11 Å². The Bertz CT molecular complexity index is 1050. The summed E-state index contributed by atoms with van der Waals surface area (Å²) in [5.41, 5.74) is 4.82. The molecule has 0 radical (unpaired) electrons. The largest absolute Gasteiger partial charge is 0.507 e. The van der Waals surface area contributed by atoms with Crippen LogP contribution in [0, 0.1) is 6.92 Å². The van der Waals surface area contributed by atoms with Crippen LogP contribution in [0.25, 0.3) is 0 Å². The second kappa shape index (κ2) is 6.29. The fourth-order valence-electron chi connectivity index (χ4n) is 3.74. The van der Waals surface area contributed by atoms with Crippen molar-refractivity contribution in [3.63, 3.8) is 0 Å². The summed E-state index contributed by atoms with van der Waals surface area (Å²) in [5.74, 6) is 1.08. The van der Waals surface area contributed by atoms with Crippen LogP contribution in [0.15, 0.2) is 58.3 Å². The lowest BCUT2D eigenvalue weighted by molar-refractivity contribution is -0.0187. The van der Waals surface area contributed by atoms with Crippen LogP contribution in [0.5, 0.6) is 11.5 Å². The van der Waals surface area contributed by atoms with Gasteiger partial charge in [0.15, 0.2) is 0 Å². The number of phenols is 1. The number of phenolic OH excluding ortho intramolecular Hbond substituents is 1. The third kappa shape index (κ3) is 2.78. The third-order valence-electron chi connectivity index (χ3n) is 5.04. The lowest BCUT2D eigenvalue weighted by Crippen LogP contribution is -2.33. The Hall–Kier alpha value is -2.50. The predicted octanol–water partition coefficient (Wildman–Crippen LogP) is 5.66. The molecule has 0 saturated heterocycles. The molecule has 0 fully saturated rings. The molecule has 3 aromatic rings. The quantitative estimate of drug-likeness (QED) is 0.608. The van der Waals surface area contributed by atoms with E-state index in [1.165, 1.54) is 0 Å². The molecule has 6 heteroatoms. The van der Waals surface area contributed by atoms with Crippen molar-refractivity contribution >= 4 is 28.6 Å². The van der Waals surface area contributed by atoms with Crippen molar-refractivity contribution in [3.05, 3.63) is 80.5 Å². The molecular formula is C21H17ClN2O2S. The van der Waals surface area contributed by atoms with Crippen molar-refractivity contribution in [3.8, 4) is 11.5 Å². The van der Waals surface area contributed by atoms with Crippen molar-refractivity contribution in [2.45, 2.75) is 25.6 Å². The van der Waals surface area contributed by atoms with E-state index < -0.39 is 0 Å². The Morgan fingerprint density at radius 2 is 2.11 bits per heavy atom. The van der Waals surface area contributed by atoms with Gasteiger partial charge in [-0.25, -0.2) is 5.01 Å². The van der Waals surface area contributed by atoms with Gasteiger partial charge in [0.1, 0.15) is 11.5 Å². The smallest absolute Gasteiger partial charge is 0.214 e. The highest BCUT2D eigenvalue weighted by atomic mass is 35.5. The Labute approximate surface area is 166 Å². The van der Waals surface area contributed by atoms with Crippen molar-refractivity contribution in [2.24, 2.45) is 5.10 Å². The molecule has 1 N–H and O–H groups in total. The lowest BCUT2D eigenvalue weighted by Gasteiger charge is -2.37. The van der Waals surface area contributed by atoms with Gasteiger partial charge in [-0.1, -0.05) is 23.2 Å². The fraction of sp³-hybridized carbons (Fsp3) is 0.190. The second-order valence-corrected chi connectivity index (χ2v) is 8.09. The van der Waals surface area contributed by atoms with Crippen LogP contribution >= 0.6 is 22.9 Å². The lowest BCUT2D eigenvalue weighted by atomic mass is 9.95. The van der Waals surface area contributed by atoms with Gasteiger partial charge in [-0.15, -0.1) is 0 Å². The van der Waals surface area contributed by atoms with Crippen LogP contribution in [0.1, 0.15) is 40.9 Å². The molecular weight excluding hydrogens is 380 g/mol. The van der Waals surface area contributed by atoms with E-state index in [4.69, 9.17) is 21.4 Å². The molecule has 2 aliphatic rings. The van der Waals surface area contributed by atoms with Gasteiger partial charge in [0.05, 0.1) is 11.8 Å². The molecule has 2 atom stereocenters. The molecule has 0 saturated carbocycles. The second-order valence-electron chi connectivity index (χ2n) is 6.88. The molecule has 1 aromatic heterocycles. The van der Waals surface area contributed by atoms with E-state index in [-0.39, 0.29) is 18.0 Å². The van der Waals surface area contributed by atoms with Crippen LogP contribution in [-0.2, 0) is 0 Å². The number of aryl methyl sites for hydroxylation is 1. The first-order valence-electron chi connectivity index (χ1n) is 8.74. The van der Waals surface area contributed by atoms with Gasteiger partial charge in [0.25, 0.3) is 0 Å². The van der Waals surface area contributed by atoms with Crippen molar-refractivity contribution in [1.29, 1.82) is 0 Å². The molecule has 4 nitrogen and oxygen atoms in total. The number of ether oxygens (including phenoxy) is 1. The molecule has 27 heavy (non-hydrogen) atoms. The Kier molecular flexibility index (Phi) is 3.88. The van der Waals surface area contributed by atoms with Crippen molar-refractivity contribution in [1.82, 2.24) is 5.01 Å². The summed E-state index contributed by atoms with van der Waals surface area (Å²) in [7, 11) is 0. The third-order valence-corrected chi connectivity index (χ3v) is 5.98. The number of hydrogen-bond donors (Lipinski definition) is 1. The number of benzene rings is 2. The van der Waals surface area contributed by atoms with Gasteiger partial charge in [-0.05, 0) is 54.1 Å². The first-order valence-corrected chi connectivity index (χ1v) is 10.1. The zero-order valence-electron chi connectivity index (χ0n) is 14.6. The number of hydrazone groups is 1. The van der Waals surface area contributed by atoms with E-state index in [0.717, 1.165) is 33.7 Å². The number of nitrogens with zero attached hydrogens (tertiary/aromatic N) is 2. The molecule has 0 spiro atoms. The minimum Gasteiger partial charge on any atom is -0.507 e. The summed E-state index contributed by atoms with van der Waals surface area (Å²) < 4.78 is 6.29. The summed E-state index contributed by atoms with van der Waals surface area (Å²) in [4.78, 5) is 0. The van der Waals surface area contributed by atoms with Crippen molar-refractivity contribution in [2.75, 3.05) is 0 Å². The maximum absolute atomic E-state index is 10.4. The van der Waals surface area contributed by atoms with Crippen LogP contribution in [0.3, 0.4) is 0 Å². The standard InChI is InChI=1S/C21H17ClN2O2S/c1-12-2-4-19(25)15(8-12)17-10-18-16-9-14(22)3-5-20(16)26-21(24(18)23-17)13-6-7-27-11-13/h2-9,11,18,21,25H,10H2,1H3/t18-,21+/m1/s1. The van der Waals surface area contributed by atoms with Gasteiger partial charge in [0.2, 0.25) is 6.23 Å². The molecule has 0 aliphatic carbocycles. The zero-order valence-corrected chi connectivity index (χ0v) is 16.2. The molecule has 0 bridgehead atoms. The molecule has 0 unspecified atom stereocenters. The maximum Gasteiger partial charge on any atom is 0.214 e. The highest BCUT2D eigenvalue weighted by Crippen LogP contribution is 2.48. The minimum absolute atomic E-state index is 0.0206. The first kappa shape index (κ1) is 16.7. The predicted molar refractivity (Wildman–Crippen MR) is 108 cm³/mol. The summed E-state index contributed by atoms with van der Waals surface area (Å²) in [6.45, 7) is 2.01. The van der Waals surface area contributed by atoms with E-state index >= 15 is 0 Å². The molecule has 136 valence electrons. The van der Waals surface area contributed by atoms with E-state index in [1.807, 2.05) is 47.6 Å². The molecule has 3 heterocycles. The van der Waals surface area contributed by atoms with E-state index in [2.05, 4.69) is 11.4 Å². The highest BCUT2D eigenvalue weighted by molar-refractivity contribution is 7.07. The maximum atomic E-state index is 10.4. The molecule has 0 amide bonds. The first-order chi connectivity index (χ1) is 13.1. The molecule has 5 rings (SSSR count). The summed E-state index contributed by atoms with van der Waals surface area (Å²) >= 11 is 7.89. The van der Waals surface area contributed by atoms with Crippen LogP contribution in [0.2, 0.25) is 5.02 Å². The average Bonchev–Trinajstić information content (AvgIpc) is 3.33.